The molecule has 0 bridgehead atoms. The molecule has 1 rings (SSSR count). The van der Waals surface area contributed by atoms with Crippen LogP contribution in [0.1, 0.15) is 108 Å². The van der Waals surface area contributed by atoms with Gasteiger partial charge in [0.15, 0.2) is 0 Å². The Morgan fingerprint density at radius 2 is 1.18 bits per heavy atom. The maximum absolute atomic E-state index is 11.5. The van der Waals surface area contributed by atoms with Crippen molar-refractivity contribution in [3.8, 4) is 0 Å². The predicted molar refractivity (Wildman–Crippen MR) is 113 cm³/mol. The second-order valence-corrected chi connectivity index (χ2v) is 9.18. The van der Waals surface area contributed by atoms with Crippen molar-refractivity contribution >= 4 is 10.1 Å². The van der Waals surface area contributed by atoms with Crippen molar-refractivity contribution in [2.24, 2.45) is 0 Å². The van der Waals surface area contributed by atoms with E-state index < -0.39 is 10.1 Å². The van der Waals surface area contributed by atoms with E-state index in [1.54, 1.807) is 19.1 Å². The number of hydrogen-bond acceptors (Lipinski definition) is 3. The predicted octanol–water partition coefficient (Wildman–Crippen LogP) is 3.93. The minimum atomic E-state index is -4.38. The van der Waals surface area contributed by atoms with Crippen molar-refractivity contribution in [3.63, 3.8) is 0 Å². The third kappa shape index (κ3) is 12.6. The molecule has 0 aromatic heterocycles. The molecular formula is C23H39NaO3S. The van der Waals surface area contributed by atoms with Crippen LogP contribution in [0.15, 0.2) is 23.1 Å². The summed E-state index contributed by atoms with van der Waals surface area (Å²) < 4.78 is 34.4. The molecular weight excluding hydrogens is 379 g/mol. The van der Waals surface area contributed by atoms with Crippen molar-refractivity contribution < 1.29 is 42.5 Å². The molecule has 0 saturated heterocycles. The molecule has 0 heterocycles. The molecule has 0 spiro atoms. The van der Waals surface area contributed by atoms with Crippen LogP contribution in [0.2, 0.25) is 0 Å². The smallest absolute Gasteiger partial charge is 0.744 e. The summed E-state index contributed by atoms with van der Waals surface area (Å²) in [5, 5.41) is 0. The van der Waals surface area contributed by atoms with Crippen LogP contribution in [0.4, 0.5) is 0 Å². The Balaban J connectivity index is 0.00000729. The third-order valence-corrected chi connectivity index (χ3v) is 6.43. The summed E-state index contributed by atoms with van der Waals surface area (Å²) in [5.41, 5.74) is 1.25. The molecule has 0 saturated carbocycles. The number of rotatable bonds is 16. The summed E-state index contributed by atoms with van der Waals surface area (Å²) in [6.45, 7) is 3.95. The van der Waals surface area contributed by atoms with Gasteiger partial charge in [-0.05, 0) is 30.9 Å². The molecule has 0 N–H and O–H groups in total. The van der Waals surface area contributed by atoms with Crippen molar-refractivity contribution in [1.29, 1.82) is 0 Å². The molecule has 1 aromatic carbocycles. The van der Waals surface area contributed by atoms with Crippen LogP contribution in [0.5, 0.6) is 0 Å². The van der Waals surface area contributed by atoms with E-state index in [9.17, 15) is 13.0 Å². The fourth-order valence-corrected chi connectivity index (χ4v) is 4.73. The van der Waals surface area contributed by atoms with Crippen molar-refractivity contribution in [2.45, 2.75) is 115 Å². The molecule has 0 atom stereocenters. The van der Waals surface area contributed by atoms with Crippen LogP contribution in [-0.2, 0) is 16.5 Å². The van der Waals surface area contributed by atoms with E-state index in [-0.39, 0.29) is 34.5 Å². The molecule has 0 aliphatic rings. The van der Waals surface area contributed by atoms with E-state index in [0.717, 1.165) is 12.8 Å². The van der Waals surface area contributed by atoms with E-state index in [2.05, 4.69) is 6.92 Å². The van der Waals surface area contributed by atoms with Gasteiger partial charge in [-0.25, -0.2) is 8.42 Å². The summed E-state index contributed by atoms with van der Waals surface area (Å²) in [4.78, 5) is -0.000283. The SMILES string of the molecule is CCCCCCCCCCCCCCCCc1cccc(C)c1S(=O)(=O)[O-].[Na+]. The standard InChI is InChI=1S/C23H40O3S.Na/c1-3-4-5-6-7-8-9-10-11-12-13-14-15-16-19-22-20-17-18-21(2)23(22)27(24,25)26;/h17-18,20H,3-16,19H2,1-2H3,(H,24,25,26);/q;+1/p-1. The van der Waals surface area contributed by atoms with Crippen molar-refractivity contribution in [2.75, 3.05) is 0 Å². The number of aryl methyl sites for hydroxylation is 2. The van der Waals surface area contributed by atoms with Gasteiger partial charge in [-0.3, -0.25) is 0 Å². The van der Waals surface area contributed by atoms with Crippen LogP contribution in [0.3, 0.4) is 0 Å². The first kappa shape index (κ1) is 28.1. The van der Waals surface area contributed by atoms with Gasteiger partial charge >= 0.3 is 29.6 Å². The quantitative estimate of drug-likeness (QED) is 0.232. The summed E-state index contributed by atoms with van der Waals surface area (Å²) in [6.07, 6.45) is 18.9. The summed E-state index contributed by atoms with van der Waals surface area (Å²) in [5.74, 6) is 0. The van der Waals surface area contributed by atoms with Gasteiger partial charge in [0.2, 0.25) is 0 Å². The zero-order valence-electron chi connectivity index (χ0n) is 18.5. The zero-order chi connectivity index (χ0) is 20.0. The maximum atomic E-state index is 11.5. The Kier molecular flexibility index (Phi) is 17.0. The first-order valence-electron chi connectivity index (χ1n) is 11.0. The molecule has 1 aromatic rings. The van der Waals surface area contributed by atoms with Gasteiger partial charge in [0, 0.05) is 0 Å². The molecule has 3 nitrogen and oxygen atoms in total. The number of hydrogen-bond donors (Lipinski definition) is 0. The average Bonchev–Trinajstić information content (AvgIpc) is 2.61. The Morgan fingerprint density at radius 3 is 1.61 bits per heavy atom. The molecule has 0 fully saturated rings. The van der Waals surface area contributed by atoms with E-state index in [0.29, 0.717) is 17.5 Å². The molecule has 156 valence electrons. The second kappa shape index (κ2) is 16.9. The van der Waals surface area contributed by atoms with Crippen LogP contribution in [0, 0.1) is 6.92 Å². The molecule has 0 radical (unpaired) electrons. The zero-order valence-corrected chi connectivity index (χ0v) is 21.3. The minimum absolute atomic E-state index is 0. The summed E-state index contributed by atoms with van der Waals surface area (Å²) in [7, 11) is -4.38. The fourth-order valence-electron chi connectivity index (χ4n) is 3.78. The van der Waals surface area contributed by atoms with E-state index >= 15 is 0 Å². The van der Waals surface area contributed by atoms with Gasteiger partial charge in [0.25, 0.3) is 0 Å². The van der Waals surface area contributed by atoms with Crippen molar-refractivity contribution in [3.05, 3.63) is 29.3 Å². The molecule has 5 heteroatoms. The van der Waals surface area contributed by atoms with Gasteiger partial charge in [-0.1, -0.05) is 109 Å². The normalized spacial score (nSPS) is 11.4. The summed E-state index contributed by atoms with van der Waals surface area (Å²) >= 11 is 0. The molecule has 0 unspecified atom stereocenters. The number of benzene rings is 1. The van der Waals surface area contributed by atoms with Gasteiger partial charge < -0.3 is 4.55 Å². The third-order valence-electron chi connectivity index (χ3n) is 5.34. The van der Waals surface area contributed by atoms with Gasteiger partial charge in [0.1, 0.15) is 10.1 Å². The van der Waals surface area contributed by atoms with E-state index in [4.69, 9.17) is 0 Å². The Morgan fingerprint density at radius 1 is 0.750 bits per heavy atom. The first-order valence-corrected chi connectivity index (χ1v) is 12.4. The van der Waals surface area contributed by atoms with Crippen molar-refractivity contribution in [1.82, 2.24) is 0 Å². The van der Waals surface area contributed by atoms with Crippen LogP contribution >= 0.6 is 0 Å². The maximum Gasteiger partial charge on any atom is 1.00 e. The molecule has 0 aliphatic carbocycles. The molecule has 0 aliphatic heterocycles. The van der Waals surface area contributed by atoms with Crippen LogP contribution in [0.25, 0.3) is 0 Å². The first-order chi connectivity index (χ1) is 13.0. The summed E-state index contributed by atoms with van der Waals surface area (Å²) in [6, 6.07) is 5.31. The largest absolute Gasteiger partial charge is 1.00 e. The van der Waals surface area contributed by atoms with Gasteiger partial charge in [-0.2, -0.15) is 0 Å². The second-order valence-electron chi connectivity index (χ2n) is 7.86. The Hall–Kier alpha value is 0.130. The number of unbranched alkanes of at least 4 members (excludes halogenated alkanes) is 13. The minimum Gasteiger partial charge on any atom is -0.744 e. The Labute approximate surface area is 196 Å². The topological polar surface area (TPSA) is 57.2 Å². The van der Waals surface area contributed by atoms with Crippen LogP contribution in [-0.4, -0.2) is 13.0 Å². The van der Waals surface area contributed by atoms with Gasteiger partial charge in [-0.15, -0.1) is 0 Å². The molecule has 0 amide bonds. The van der Waals surface area contributed by atoms with Gasteiger partial charge in [0.05, 0.1) is 4.90 Å². The Bertz CT molecular complexity index is 614. The monoisotopic (exact) mass is 418 g/mol. The van der Waals surface area contributed by atoms with Crippen LogP contribution < -0.4 is 29.6 Å². The van der Waals surface area contributed by atoms with E-state index in [1.165, 1.54) is 77.0 Å². The average molecular weight is 419 g/mol. The van der Waals surface area contributed by atoms with E-state index in [1.807, 2.05) is 6.07 Å². The fraction of sp³-hybridized carbons (Fsp3) is 0.739. The molecule has 28 heavy (non-hydrogen) atoms.